The fraction of sp³-hybridized carbons (Fsp3) is 0.800. The Morgan fingerprint density at radius 2 is 2.16 bits per heavy atom. The van der Waals surface area contributed by atoms with Crippen LogP contribution in [0.1, 0.15) is 26.2 Å². The molecule has 0 aromatic heterocycles. The normalized spacial score (nSPS) is 32.2. The molecule has 0 bridgehead atoms. The Hall–Kier alpha value is -0.870. The smallest absolute Gasteiger partial charge is 0.312 e. The van der Waals surface area contributed by atoms with E-state index in [9.17, 15) is 9.90 Å². The second kappa shape index (κ2) is 6.06. The number of nitrogens with zero attached hydrogens (tertiary/aromatic N) is 2. The molecule has 2 atom stereocenters. The quantitative estimate of drug-likeness (QED) is 0.587. The molecule has 2 aliphatic rings. The van der Waals surface area contributed by atoms with Gasteiger partial charge in [-0.25, -0.2) is 0 Å². The number of carboxylic acid groups (broad SMARTS) is 1. The van der Waals surface area contributed by atoms with Crippen molar-refractivity contribution in [2.24, 2.45) is 11.3 Å². The van der Waals surface area contributed by atoms with Crippen molar-refractivity contribution < 1.29 is 9.90 Å². The van der Waals surface area contributed by atoms with Crippen molar-refractivity contribution in [3.8, 4) is 0 Å². The molecule has 2 heterocycles. The summed E-state index contributed by atoms with van der Waals surface area (Å²) in [4.78, 5) is 16.2. The van der Waals surface area contributed by atoms with E-state index in [1.807, 2.05) is 7.05 Å². The van der Waals surface area contributed by atoms with Gasteiger partial charge in [0.15, 0.2) is 0 Å². The maximum Gasteiger partial charge on any atom is 0.312 e. The number of fused-ring (bicyclic) bond motifs is 1. The summed E-state index contributed by atoms with van der Waals surface area (Å²) in [6.45, 7) is 6.50. The van der Waals surface area contributed by atoms with Crippen LogP contribution >= 0.6 is 0 Å². The summed E-state index contributed by atoms with van der Waals surface area (Å²) in [7, 11) is 2.03. The van der Waals surface area contributed by atoms with Gasteiger partial charge in [-0.1, -0.05) is 19.1 Å². The lowest BCUT2D eigenvalue weighted by Gasteiger charge is -2.24. The predicted octanol–water partition coefficient (Wildman–Crippen LogP) is 1.68. The molecular weight excluding hydrogens is 240 g/mol. The standard InChI is InChI=1S/C15H26N2O2/c1-3-4-5-6-7-8-17-10-13-9-16(2)11-15(13,12-17)14(18)19/h4-5,13H,3,6-12H2,1-2H3,(H,18,19)/t13-,15-/m0/s1. The maximum atomic E-state index is 11.6. The molecule has 0 radical (unpaired) electrons. The van der Waals surface area contributed by atoms with Crippen LogP contribution in [0.2, 0.25) is 0 Å². The zero-order valence-corrected chi connectivity index (χ0v) is 12.1. The molecule has 0 aromatic rings. The van der Waals surface area contributed by atoms with Crippen molar-refractivity contribution in [3.05, 3.63) is 12.2 Å². The summed E-state index contributed by atoms with van der Waals surface area (Å²) in [5.41, 5.74) is -0.506. The summed E-state index contributed by atoms with van der Waals surface area (Å²) < 4.78 is 0. The summed E-state index contributed by atoms with van der Waals surface area (Å²) in [5.74, 6) is -0.295. The molecule has 2 rings (SSSR count). The minimum absolute atomic E-state index is 0.307. The highest BCUT2D eigenvalue weighted by Crippen LogP contribution is 2.42. The summed E-state index contributed by atoms with van der Waals surface area (Å²) in [5, 5.41) is 9.59. The van der Waals surface area contributed by atoms with Gasteiger partial charge in [0.2, 0.25) is 0 Å². The SMILES string of the molecule is CCC=CCCCN1C[C@@H]2CN(C)C[C@]2(C(=O)O)C1. The number of allylic oxidation sites excluding steroid dienone is 2. The van der Waals surface area contributed by atoms with Gasteiger partial charge in [0.1, 0.15) is 0 Å². The minimum Gasteiger partial charge on any atom is -0.481 e. The Kier molecular flexibility index (Phi) is 4.63. The van der Waals surface area contributed by atoms with Gasteiger partial charge < -0.3 is 14.9 Å². The topological polar surface area (TPSA) is 43.8 Å². The van der Waals surface area contributed by atoms with Crippen LogP contribution in [0, 0.1) is 11.3 Å². The van der Waals surface area contributed by atoms with Crippen LogP contribution in [0.4, 0.5) is 0 Å². The Morgan fingerprint density at radius 3 is 2.79 bits per heavy atom. The number of carbonyl (C=O) groups is 1. The average Bonchev–Trinajstić information content (AvgIpc) is 2.82. The molecule has 0 unspecified atom stereocenters. The lowest BCUT2D eigenvalue weighted by atomic mass is 9.81. The molecule has 2 aliphatic heterocycles. The van der Waals surface area contributed by atoms with Gasteiger partial charge in [-0.15, -0.1) is 0 Å². The van der Waals surface area contributed by atoms with E-state index in [4.69, 9.17) is 0 Å². The zero-order valence-electron chi connectivity index (χ0n) is 12.1. The van der Waals surface area contributed by atoms with E-state index in [2.05, 4.69) is 28.9 Å². The van der Waals surface area contributed by atoms with Crippen molar-refractivity contribution in [1.82, 2.24) is 9.80 Å². The first-order valence-corrected chi connectivity index (χ1v) is 7.38. The van der Waals surface area contributed by atoms with Crippen molar-refractivity contribution in [2.45, 2.75) is 26.2 Å². The molecule has 19 heavy (non-hydrogen) atoms. The van der Waals surface area contributed by atoms with Crippen LogP contribution in [0.3, 0.4) is 0 Å². The maximum absolute atomic E-state index is 11.6. The lowest BCUT2D eigenvalue weighted by molar-refractivity contribution is -0.148. The van der Waals surface area contributed by atoms with Crippen LogP contribution in [0.5, 0.6) is 0 Å². The Bertz CT molecular complexity index is 356. The fourth-order valence-electron chi connectivity index (χ4n) is 3.61. The van der Waals surface area contributed by atoms with Crippen LogP contribution in [-0.2, 0) is 4.79 Å². The van der Waals surface area contributed by atoms with E-state index in [0.717, 1.165) is 45.4 Å². The average molecular weight is 266 g/mol. The van der Waals surface area contributed by atoms with Gasteiger partial charge >= 0.3 is 5.97 Å². The summed E-state index contributed by atoms with van der Waals surface area (Å²) >= 11 is 0. The van der Waals surface area contributed by atoms with Crippen LogP contribution in [0.15, 0.2) is 12.2 Å². The third-order valence-electron chi connectivity index (χ3n) is 4.52. The predicted molar refractivity (Wildman–Crippen MR) is 76.2 cm³/mol. The van der Waals surface area contributed by atoms with E-state index in [1.54, 1.807) is 0 Å². The molecular formula is C15H26N2O2. The van der Waals surface area contributed by atoms with Crippen molar-refractivity contribution in [1.29, 1.82) is 0 Å². The molecule has 0 spiro atoms. The number of aliphatic carboxylic acids is 1. The first-order valence-electron chi connectivity index (χ1n) is 7.38. The largest absolute Gasteiger partial charge is 0.481 e. The van der Waals surface area contributed by atoms with E-state index in [-0.39, 0.29) is 0 Å². The molecule has 0 amide bonds. The van der Waals surface area contributed by atoms with Gasteiger partial charge in [-0.2, -0.15) is 0 Å². The summed E-state index contributed by atoms with van der Waals surface area (Å²) in [6, 6.07) is 0. The molecule has 108 valence electrons. The van der Waals surface area contributed by atoms with Gasteiger partial charge in [-0.3, -0.25) is 4.79 Å². The van der Waals surface area contributed by atoms with Gasteiger partial charge in [0.05, 0.1) is 5.41 Å². The van der Waals surface area contributed by atoms with E-state index < -0.39 is 11.4 Å². The molecule has 1 N–H and O–H groups in total. The van der Waals surface area contributed by atoms with Crippen molar-refractivity contribution in [3.63, 3.8) is 0 Å². The molecule has 4 heteroatoms. The monoisotopic (exact) mass is 266 g/mol. The number of hydrogen-bond acceptors (Lipinski definition) is 3. The number of unbranched alkanes of at least 4 members (excludes halogenated alkanes) is 1. The Balaban J connectivity index is 1.85. The first-order chi connectivity index (χ1) is 9.08. The van der Waals surface area contributed by atoms with E-state index in [0.29, 0.717) is 12.5 Å². The lowest BCUT2D eigenvalue weighted by Crippen LogP contribution is -2.40. The molecule has 0 aromatic carbocycles. The third kappa shape index (κ3) is 3.00. The highest BCUT2D eigenvalue weighted by molar-refractivity contribution is 5.77. The van der Waals surface area contributed by atoms with Crippen LogP contribution < -0.4 is 0 Å². The highest BCUT2D eigenvalue weighted by Gasteiger charge is 2.56. The van der Waals surface area contributed by atoms with Crippen LogP contribution in [-0.4, -0.2) is 60.6 Å². The van der Waals surface area contributed by atoms with Gasteiger partial charge in [0, 0.05) is 32.1 Å². The van der Waals surface area contributed by atoms with Crippen LogP contribution in [0.25, 0.3) is 0 Å². The third-order valence-corrected chi connectivity index (χ3v) is 4.52. The molecule has 2 saturated heterocycles. The Labute approximate surface area is 116 Å². The molecule has 0 aliphatic carbocycles. The first kappa shape index (κ1) is 14.5. The number of carboxylic acids is 1. The second-order valence-corrected chi connectivity index (χ2v) is 6.11. The van der Waals surface area contributed by atoms with Gasteiger partial charge in [0.25, 0.3) is 0 Å². The molecule has 0 saturated carbocycles. The Morgan fingerprint density at radius 1 is 1.37 bits per heavy atom. The minimum atomic E-state index is -0.602. The number of hydrogen-bond donors (Lipinski definition) is 1. The van der Waals surface area contributed by atoms with E-state index in [1.165, 1.54) is 0 Å². The summed E-state index contributed by atoms with van der Waals surface area (Å²) in [6.07, 6.45) is 7.77. The molecule has 4 nitrogen and oxygen atoms in total. The number of rotatable bonds is 6. The van der Waals surface area contributed by atoms with Crippen molar-refractivity contribution in [2.75, 3.05) is 39.8 Å². The van der Waals surface area contributed by atoms with Crippen molar-refractivity contribution >= 4 is 5.97 Å². The second-order valence-electron chi connectivity index (χ2n) is 6.11. The molecule has 2 fully saturated rings. The number of likely N-dealkylation sites (tertiary alicyclic amines) is 2. The zero-order chi connectivity index (χ0) is 13.9. The fourth-order valence-corrected chi connectivity index (χ4v) is 3.61. The van der Waals surface area contributed by atoms with Gasteiger partial charge in [-0.05, 0) is 32.9 Å². The highest BCUT2D eigenvalue weighted by atomic mass is 16.4. The van der Waals surface area contributed by atoms with E-state index >= 15 is 0 Å².